The number of imidazole rings is 1. The second-order valence-corrected chi connectivity index (χ2v) is 3.29. The van der Waals surface area contributed by atoms with Crippen LogP contribution in [0.1, 0.15) is 12.1 Å². The number of rotatable bonds is 1. The lowest BCUT2D eigenvalue weighted by atomic mass is 9.96. The van der Waals surface area contributed by atoms with Gasteiger partial charge in [-0.25, -0.2) is 4.98 Å². The molecule has 1 atom stereocenters. The molecule has 0 N–H and O–H groups in total. The number of aromatic nitrogens is 2. The van der Waals surface area contributed by atoms with E-state index < -0.39 is 0 Å². The van der Waals surface area contributed by atoms with E-state index in [9.17, 15) is 4.79 Å². The van der Waals surface area contributed by atoms with Gasteiger partial charge in [0.05, 0.1) is 19.4 Å². The van der Waals surface area contributed by atoms with Gasteiger partial charge in [0.2, 0.25) is 0 Å². The number of nitrogens with zero attached hydrogens (tertiary/aromatic N) is 2. The van der Waals surface area contributed by atoms with Crippen LogP contribution in [0.4, 0.5) is 0 Å². The van der Waals surface area contributed by atoms with Crippen molar-refractivity contribution in [1.29, 1.82) is 0 Å². The molecule has 4 nitrogen and oxygen atoms in total. The van der Waals surface area contributed by atoms with E-state index in [-0.39, 0.29) is 11.9 Å². The molecule has 70 valence electrons. The van der Waals surface area contributed by atoms with Crippen molar-refractivity contribution in [1.82, 2.24) is 9.55 Å². The number of hydrogen-bond donors (Lipinski definition) is 0. The first-order valence-corrected chi connectivity index (χ1v) is 4.38. The number of carbonyl (C=O) groups excluding carboxylic acids is 1. The van der Waals surface area contributed by atoms with Gasteiger partial charge in [-0.15, -0.1) is 0 Å². The third kappa shape index (κ3) is 1.43. The summed E-state index contributed by atoms with van der Waals surface area (Å²) in [7, 11) is 1.44. The Hall–Kier alpha value is -1.32. The first-order chi connectivity index (χ1) is 6.31. The molecule has 4 heteroatoms. The zero-order valence-corrected chi connectivity index (χ0v) is 7.56. The van der Waals surface area contributed by atoms with Gasteiger partial charge < -0.3 is 9.30 Å². The van der Waals surface area contributed by atoms with Crippen molar-refractivity contribution in [3.63, 3.8) is 0 Å². The standard InChI is InChI=1S/C9H12N2O2/c1-13-9(12)7-2-3-11-6-10-5-8(11)4-7/h5-7H,2-4H2,1H3. The molecule has 1 aromatic rings. The van der Waals surface area contributed by atoms with Gasteiger partial charge >= 0.3 is 5.97 Å². The molecule has 0 bridgehead atoms. The summed E-state index contributed by atoms with van der Waals surface area (Å²) < 4.78 is 6.80. The highest BCUT2D eigenvalue weighted by Crippen LogP contribution is 2.20. The van der Waals surface area contributed by atoms with E-state index >= 15 is 0 Å². The molecule has 1 aromatic heterocycles. The number of aryl methyl sites for hydroxylation is 1. The van der Waals surface area contributed by atoms with Crippen molar-refractivity contribution in [3.8, 4) is 0 Å². The lowest BCUT2D eigenvalue weighted by Gasteiger charge is -2.21. The maximum absolute atomic E-state index is 11.2. The van der Waals surface area contributed by atoms with Crippen LogP contribution in [-0.4, -0.2) is 22.6 Å². The molecule has 1 unspecified atom stereocenters. The van der Waals surface area contributed by atoms with Crippen LogP contribution in [0.3, 0.4) is 0 Å². The number of methoxy groups -OCH3 is 1. The van der Waals surface area contributed by atoms with Crippen LogP contribution in [0.25, 0.3) is 0 Å². The molecule has 0 radical (unpaired) electrons. The molecule has 0 saturated carbocycles. The van der Waals surface area contributed by atoms with Crippen molar-refractivity contribution in [2.45, 2.75) is 19.4 Å². The smallest absolute Gasteiger partial charge is 0.309 e. The zero-order valence-electron chi connectivity index (χ0n) is 7.56. The van der Waals surface area contributed by atoms with Gasteiger partial charge in [-0.1, -0.05) is 0 Å². The highest BCUT2D eigenvalue weighted by atomic mass is 16.5. The Kier molecular flexibility index (Phi) is 2.04. The molecule has 2 rings (SSSR count). The average Bonchev–Trinajstić information content (AvgIpc) is 2.63. The highest BCUT2D eigenvalue weighted by Gasteiger charge is 2.24. The summed E-state index contributed by atoms with van der Waals surface area (Å²) >= 11 is 0. The van der Waals surface area contributed by atoms with Gasteiger partial charge in [0.25, 0.3) is 0 Å². The topological polar surface area (TPSA) is 44.1 Å². The van der Waals surface area contributed by atoms with Crippen molar-refractivity contribution in [2.24, 2.45) is 5.92 Å². The SMILES string of the molecule is COC(=O)C1CCn2cncc2C1. The lowest BCUT2D eigenvalue weighted by Crippen LogP contribution is -2.26. The minimum Gasteiger partial charge on any atom is -0.469 e. The molecule has 0 fully saturated rings. The van der Waals surface area contributed by atoms with Crippen molar-refractivity contribution >= 4 is 5.97 Å². The summed E-state index contributed by atoms with van der Waals surface area (Å²) in [5.41, 5.74) is 1.13. The minimum absolute atomic E-state index is 0.0224. The molecule has 0 amide bonds. The summed E-state index contributed by atoms with van der Waals surface area (Å²) in [6.07, 6.45) is 5.24. The van der Waals surface area contributed by atoms with Crippen LogP contribution in [0.15, 0.2) is 12.5 Å². The molecule has 0 aromatic carbocycles. The Balaban J connectivity index is 2.13. The predicted octanol–water partition coefficient (Wildman–Crippen LogP) is 0.618. The average molecular weight is 180 g/mol. The Bertz CT molecular complexity index is 319. The molecule has 1 aliphatic rings. The van der Waals surface area contributed by atoms with Crippen LogP contribution in [0.5, 0.6) is 0 Å². The quantitative estimate of drug-likeness (QED) is 0.595. The Morgan fingerprint density at radius 2 is 2.62 bits per heavy atom. The van der Waals surface area contributed by atoms with E-state index in [4.69, 9.17) is 4.74 Å². The zero-order chi connectivity index (χ0) is 9.26. The molecule has 0 saturated heterocycles. The van der Waals surface area contributed by atoms with Crippen LogP contribution in [0, 0.1) is 5.92 Å². The normalized spacial score (nSPS) is 20.8. The van der Waals surface area contributed by atoms with Crippen molar-refractivity contribution in [2.75, 3.05) is 7.11 Å². The third-order valence-corrected chi connectivity index (χ3v) is 2.51. The molecule has 0 spiro atoms. The fraction of sp³-hybridized carbons (Fsp3) is 0.556. The van der Waals surface area contributed by atoms with Crippen LogP contribution in [0.2, 0.25) is 0 Å². The van der Waals surface area contributed by atoms with Crippen LogP contribution in [-0.2, 0) is 22.5 Å². The van der Waals surface area contributed by atoms with E-state index in [2.05, 4.69) is 9.55 Å². The number of fused-ring (bicyclic) bond motifs is 1. The van der Waals surface area contributed by atoms with Crippen molar-refractivity contribution in [3.05, 3.63) is 18.2 Å². The Morgan fingerprint density at radius 3 is 3.38 bits per heavy atom. The summed E-state index contributed by atoms with van der Waals surface area (Å²) in [6, 6.07) is 0. The summed E-state index contributed by atoms with van der Waals surface area (Å²) in [5, 5.41) is 0. The maximum Gasteiger partial charge on any atom is 0.309 e. The fourth-order valence-electron chi connectivity index (χ4n) is 1.74. The van der Waals surface area contributed by atoms with E-state index in [0.29, 0.717) is 0 Å². The van der Waals surface area contributed by atoms with Crippen LogP contribution >= 0.6 is 0 Å². The molecular weight excluding hydrogens is 168 g/mol. The molecule has 2 heterocycles. The molecule has 1 aliphatic heterocycles. The van der Waals surface area contributed by atoms with Gasteiger partial charge in [-0.05, 0) is 6.42 Å². The number of carbonyl (C=O) groups is 1. The summed E-state index contributed by atoms with van der Waals surface area (Å²) in [5.74, 6) is -0.0818. The van der Waals surface area contributed by atoms with E-state index in [1.807, 2.05) is 12.5 Å². The first kappa shape index (κ1) is 8.29. The monoisotopic (exact) mass is 180 g/mol. The maximum atomic E-state index is 11.2. The summed E-state index contributed by atoms with van der Waals surface area (Å²) in [6.45, 7) is 0.870. The number of esters is 1. The minimum atomic E-state index is -0.104. The van der Waals surface area contributed by atoms with Gasteiger partial charge in [0.15, 0.2) is 0 Å². The Morgan fingerprint density at radius 1 is 1.77 bits per heavy atom. The fourth-order valence-corrected chi connectivity index (χ4v) is 1.74. The highest BCUT2D eigenvalue weighted by molar-refractivity contribution is 5.72. The second kappa shape index (κ2) is 3.20. The summed E-state index contributed by atoms with van der Waals surface area (Å²) in [4.78, 5) is 15.3. The lowest BCUT2D eigenvalue weighted by molar-refractivity contribution is -0.146. The predicted molar refractivity (Wildman–Crippen MR) is 46.1 cm³/mol. The van der Waals surface area contributed by atoms with Gasteiger partial charge in [-0.3, -0.25) is 4.79 Å². The Labute approximate surface area is 76.5 Å². The van der Waals surface area contributed by atoms with E-state index in [0.717, 1.165) is 25.1 Å². The molecular formula is C9H12N2O2. The second-order valence-electron chi connectivity index (χ2n) is 3.29. The number of ether oxygens (including phenoxy) is 1. The number of hydrogen-bond acceptors (Lipinski definition) is 3. The third-order valence-electron chi connectivity index (χ3n) is 2.51. The first-order valence-electron chi connectivity index (χ1n) is 4.38. The van der Waals surface area contributed by atoms with Crippen molar-refractivity contribution < 1.29 is 9.53 Å². The van der Waals surface area contributed by atoms with Gasteiger partial charge in [0.1, 0.15) is 0 Å². The molecule has 13 heavy (non-hydrogen) atoms. The van der Waals surface area contributed by atoms with E-state index in [1.165, 1.54) is 7.11 Å². The van der Waals surface area contributed by atoms with Gasteiger partial charge in [0, 0.05) is 24.9 Å². The largest absolute Gasteiger partial charge is 0.469 e. The van der Waals surface area contributed by atoms with E-state index in [1.54, 1.807) is 0 Å². The molecule has 0 aliphatic carbocycles. The van der Waals surface area contributed by atoms with Gasteiger partial charge in [-0.2, -0.15) is 0 Å². The van der Waals surface area contributed by atoms with Crippen LogP contribution < -0.4 is 0 Å².